The largest absolute Gasteiger partial charge is 0.377 e. The van der Waals surface area contributed by atoms with Crippen LogP contribution in [-0.4, -0.2) is 29.0 Å². The molecule has 0 aromatic heterocycles. The minimum Gasteiger partial charge on any atom is -0.377 e. The Kier molecular flexibility index (Phi) is 4.17. The number of benzene rings is 2. The van der Waals surface area contributed by atoms with E-state index in [0.29, 0.717) is 11.7 Å². The van der Waals surface area contributed by atoms with Crippen LogP contribution < -0.4 is 5.32 Å². The molecule has 0 radical (unpaired) electrons. The molecule has 2 aliphatic rings. The lowest BCUT2D eigenvalue weighted by molar-refractivity contribution is -0.384. The highest BCUT2D eigenvalue weighted by Crippen LogP contribution is 2.51. The van der Waals surface area contributed by atoms with Crippen molar-refractivity contribution in [2.45, 2.75) is 37.3 Å². The number of rotatable bonds is 5. The average molecular weight is 337 g/mol. The van der Waals surface area contributed by atoms with E-state index in [1.165, 1.54) is 18.4 Å². The first-order valence-corrected chi connectivity index (χ1v) is 9.00. The summed E-state index contributed by atoms with van der Waals surface area (Å²) in [5, 5.41) is 14.6. The number of hydrogen-bond acceptors (Lipinski definition) is 4. The minimum absolute atomic E-state index is 0.160. The molecule has 2 aromatic rings. The Morgan fingerprint density at radius 2 is 1.64 bits per heavy atom. The summed E-state index contributed by atoms with van der Waals surface area (Å²) in [6.07, 6.45) is 4.50. The van der Waals surface area contributed by atoms with Crippen LogP contribution in [-0.2, 0) is 5.54 Å². The van der Waals surface area contributed by atoms with Crippen LogP contribution >= 0.6 is 0 Å². The highest BCUT2D eigenvalue weighted by atomic mass is 16.6. The lowest BCUT2D eigenvalue weighted by atomic mass is 9.97. The Balaban J connectivity index is 1.41. The van der Waals surface area contributed by atoms with E-state index in [4.69, 9.17) is 0 Å². The standard InChI is InChI=1S/C20H23N3O2/c24-23(25)19-9-5-4-8-18(19)21-17-10-14-22(15-11-17)20(12-13-20)16-6-2-1-3-7-16/h1-9,17,21H,10-15H2. The zero-order chi connectivity index (χ0) is 17.3. The second-order valence-electron chi connectivity index (χ2n) is 7.08. The molecular formula is C20H23N3O2. The summed E-state index contributed by atoms with van der Waals surface area (Å²) in [4.78, 5) is 13.5. The monoisotopic (exact) mass is 337 g/mol. The van der Waals surface area contributed by atoms with Gasteiger partial charge in [0.05, 0.1) is 4.92 Å². The average Bonchev–Trinajstić information content (AvgIpc) is 3.45. The maximum atomic E-state index is 11.2. The molecule has 5 nitrogen and oxygen atoms in total. The van der Waals surface area contributed by atoms with Gasteiger partial charge >= 0.3 is 0 Å². The summed E-state index contributed by atoms with van der Waals surface area (Å²) < 4.78 is 0. The van der Waals surface area contributed by atoms with E-state index in [9.17, 15) is 10.1 Å². The number of para-hydroxylation sites is 2. The van der Waals surface area contributed by atoms with Gasteiger partial charge in [-0.15, -0.1) is 0 Å². The van der Waals surface area contributed by atoms with Gasteiger partial charge < -0.3 is 5.32 Å². The number of hydrogen-bond donors (Lipinski definition) is 1. The van der Waals surface area contributed by atoms with Gasteiger partial charge in [0.2, 0.25) is 0 Å². The summed E-state index contributed by atoms with van der Waals surface area (Å²) >= 11 is 0. The molecule has 5 heteroatoms. The van der Waals surface area contributed by atoms with Crippen molar-refractivity contribution < 1.29 is 4.92 Å². The number of nitro benzene ring substituents is 1. The Bertz CT molecular complexity index is 751. The van der Waals surface area contributed by atoms with Gasteiger partial charge in [-0.2, -0.15) is 0 Å². The highest BCUT2D eigenvalue weighted by Gasteiger charge is 2.49. The molecule has 0 amide bonds. The predicted molar refractivity (Wildman–Crippen MR) is 98.7 cm³/mol. The van der Waals surface area contributed by atoms with Crippen molar-refractivity contribution in [2.75, 3.05) is 18.4 Å². The maximum Gasteiger partial charge on any atom is 0.292 e. The number of anilines is 1. The molecule has 130 valence electrons. The van der Waals surface area contributed by atoms with E-state index in [1.54, 1.807) is 18.2 Å². The van der Waals surface area contributed by atoms with Gasteiger partial charge in [0.1, 0.15) is 5.69 Å². The first kappa shape index (κ1) is 16.1. The van der Waals surface area contributed by atoms with Crippen molar-refractivity contribution in [3.05, 3.63) is 70.3 Å². The molecular weight excluding hydrogens is 314 g/mol. The Morgan fingerprint density at radius 3 is 2.28 bits per heavy atom. The van der Waals surface area contributed by atoms with Crippen LogP contribution in [0.2, 0.25) is 0 Å². The van der Waals surface area contributed by atoms with E-state index in [-0.39, 0.29) is 16.1 Å². The summed E-state index contributed by atoms with van der Waals surface area (Å²) in [6.45, 7) is 2.07. The number of nitro groups is 1. The van der Waals surface area contributed by atoms with Crippen LogP contribution in [0, 0.1) is 10.1 Å². The molecule has 1 aliphatic heterocycles. The third kappa shape index (κ3) is 3.12. The van der Waals surface area contributed by atoms with Crippen LogP contribution in [0.5, 0.6) is 0 Å². The van der Waals surface area contributed by atoms with Crippen molar-refractivity contribution in [3.8, 4) is 0 Å². The second-order valence-corrected chi connectivity index (χ2v) is 7.08. The van der Waals surface area contributed by atoms with Crippen LogP contribution in [0.4, 0.5) is 11.4 Å². The first-order valence-electron chi connectivity index (χ1n) is 9.00. The quantitative estimate of drug-likeness (QED) is 0.657. The molecule has 2 fully saturated rings. The van der Waals surface area contributed by atoms with E-state index < -0.39 is 0 Å². The van der Waals surface area contributed by atoms with Gasteiger partial charge in [0.25, 0.3) is 5.69 Å². The lowest BCUT2D eigenvalue weighted by Crippen LogP contribution is -2.44. The molecule has 1 saturated carbocycles. The molecule has 1 N–H and O–H groups in total. The topological polar surface area (TPSA) is 58.4 Å². The van der Waals surface area contributed by atoms with Crippen molar-refractivity contribution in [3.63, 3.8) is 0 Å². The van der Waals surface area contributed by atoms with Gasteiger partial charge in [-0.05, 0) is 37.3 Å². The van der Waals surface area contributed by atoms with Crippen molar-refractivity contribution in [1.29, 1.82) is 0 Å². The fourth-order valence-electron chi connectivity index (χ4n) is 4.08. The Labute approximate surface area is 147 Å². The normalized spacial score (nSPS) is 20.2. The SMILES string of the molecule is O=[N+]([O-])c1ccccc1NC1CCN(C2(c3ccccc3)CC2)CC1. The lowest BCUT2D eigenvalue weighted by Gasteiger charge is -2.38. The minimum atomic E-state index is -0.313. The van der Waals surface area contributed by atoms with Crippen LogP contribution in [0.1, 0.15) is 31.2 Å². The van der Waals surface area contributed by atoms with Gasteiger partial charge in [-0.3, -0.25) is 15.0 Å². The van der Waals surface area contributed by atoms with Gasteiger partial charge in [-0.25, -0.2) is 0 Å². The molecule has 1 aliphatic carbocycles. The Hall–Kier alpha value is -2.40. The summed E-state index contributed by atoms with van der Waals surface area (Å²) in [6, 6.07) is 18.0. The second kappa shape index (κ2) is 6.48. The van der Waals surface area contributed by atoms with Crippen molar-refractivity contribution in [1.82, 2.24) is 4.90 Å². The molecule has 25 heavy (non-hydrogen) atoms. The summed E-state index contributed by atoms with van der Waals surface area (Å²) in [5.74, 6) is 0. The summed E-state index contributed by atoms with van der Waals surface area (Å²) in [7, 11) is 0. The molecule has 0 bridgehead atoms. The molecule has 0 atom stereocenters. The van der Waals surface area contributed by atoms with Gasteiger partial charge in [0, 0.05) is 30.7 Å². The number of nitrogens with zero attached hydrogens (tertiary/aromatic N) is 2. The van der Waals surface area contributed by atoms with E-state index >= 15 is 0 Å². The molecule has 0 unspecified atom stereocenters. The van der Waals surface area contributed by atoms with Gasteiger partial charge in [0.15, 0.2) is 0 Å². The number of likely N-dealkylation sites (tertiary alicyclic amines) is 1. The van der Waals surface area contributed by atoms with E-state index in [0.717, 1.165) is 25.9 Å². The fourth-order valence-corrected chi connectivity index (χ4v) is 4.08. The summed E-state index contributed by atoms with van der Waals surface area (Å²) in [5.41, 5.74) is 2.47. The zero-order valence-corrected chi connectivity index (χ0v) is 14.2. The van der Waals surface area contributed by atoms with E-state index in [1.807, 2.05) is 6.07 Å². The molecule has 1 heterocycles. The predicted octanol–water partition coefficient (Wildman–Crippen LogP) is 4.16. The molecule has 2 aromatic carbocycles. The van der Waals surface area contributed by atoms with Gasteiger partial charge in [-0.1, -0.05) is 42.5 Å². The third-order valence-corrected chi connectivity index (χ3v) is 5.60. The third-order valence-electron chi connectivity index (χ3n) is 5.60. The van der Waals surface area contributed by atoms with Crippen LogP contribution in [0.15, 0.2) is 54.6 Å². The van der Waals surface area contributed by atoms with E-state index in [2.05, 4.69) is 40.5 Å². The number of nitrogens with one attached hydrogen (secondary N) is 1. The van der Waals surface area contributed by atoms with Crippen molar-refractivity contribution in [2.24, 2.45) is 0 Å². The first-order chi connectivity index (χ1) is 12.2. The van der Waals surface area contributed by atoms with Crippen LogP contribution in [0.3, 0.4) is 0 Å². The highest BCUT2D eigenvalue weighted by molar-refractivity contribution is 5.61. The molecule has 0 spiro atoms. The smallest absolute Gasteiger partial charge is 0.292 e. The molecule has 4 rings (SSSR count). The molecule has 1 saturated heterocycles. The Morgan fingerprint density at radius 1 is 1.00 bits per heavy atom. The van der Waals surface area contributed by atoms with Crippen molar-refractivity contribution >= 4 is 11.4 Å². The zero-order valence-electron chi connectivity index (χ0n) is 14.2. The number of piperidine rings is 1. The fraction of sp³-hybridized carbons (Fsp3) is 0.400. The van der Waals surface area contributed by atoms with Crippen LogP contribution in [0.25, 0.3) is 0 Å². The maximum absolute atomic E-state index is 11.2.